The van der Waals surface area contributed by atoms with E-state index in [1.165, 1.54) is 11.9 Å². The largest absolute Gasteiger partial charge is 0.495 e. The molecule has 11 heteroatoms. The van der Waals surface area contributed by atoms with Gasteiger partial charge in [-0.25, -0.2) is 14.6 Å². The smallest absolute Gasteiger partial charge is 0.228 e. The molecular formula is C28H32ClN7O3. The monoisotopic (exact) mass is 549 g/mol. The molecule has 1 aliphatic carbocycles. The number of hydrogen-bond donors (Lipinski definition) is 4. The highest BCUT2D eigenvalue weighted by molar-refractivity contribution is 6.00. The number of amides is 1. The van der Waals surface area contributed by atoms with E-state index in [1.54, 1.807) is 11.8 Å². The molecule has 2 atom stereocenters. The summed E-state index contributed by atoms with van der Waals surface area (Å²) in [6.07, 6.45) is 3.49. The van der Waals surface area contributed by atoms with Crippen molar-refractivity contribution in [2.45, 2.75) is 37.3 Å². The fraction of sp³-hybridized carbons (Fsp3) is 0.357. The molecule has 0 radical (unpaired) electrons. The van der Waals surface area contributed by atoms with Gasteiger partial charge >= 0.3 is 0 Å². The predicted octanol–water partition coefficient (Wildman–Crippen LogP) is 3.36. The van der Waals surface area contributed by atoms with Crippen LogP contribution in [0.4, 0.5) is 11.5 Å². The maximum Gasteiger partial charge on any atom is 0.228 e. The van der Waals surface area contributed by atoms with Crippen LogP contribution in [0.1, 0.15) is 30.7 Å². The van der Waals surface area contributed by atoms with Gasteiger partial charge in [-0.3, -0.25) is 4.79 Å². The Balaban J connectivity index is 0.00000308. The van der Waals surface area contributed by atoms with Gasteiger partial charge in [-0.05, 0) is 56.0 Å². The third-order valence-electron chi connectivity index (χ3n) is 7.62. The molecule has 204 valence electrons. The molecule has 6 rings (SSSR count). The minimum atomic E-state index is -0.882. The van der Waals surface area contributed by atoms with Crippen LogP contribution >= 0.6 is 12.4 Å². The van der Waals surface area contributed by atoms with Gasteiger partial charge < -0.3 is 26.2 Å². The summed E-state index contributed by atoms with van der Waals surface area (Å²) in [6, 6.07) is 15.6. The lowest BCUT2D eigenvalue weighted by Gasteiger charge is -2.32. The number of ether oxygens (including phenoxy) is 1. The first-order valence-corrected chi connectivity index (χ1v) is 12.9. The van der Waals surface area contributed by atoms with E-state index >= 15 is 0 Å². The molecule has 39 heavy (non-hydrogen) atoms. The van der Waals surface area contributed by atoms with Crippen LogP contribution in [0.5, 0.6) is 5.75 Å². The molecular weight excluding hydrogens is 518 g/mol. The van der Waals surface area contributed by atoms with Gasteiger partial charge in [0.2, 0.25) is 5.91 Å². The van der Waals surface area contributed by atoms with E-state index in [-0.39, 0.29) is 30.2 Å². The Morgan fingerprint density at radius 1 is 1.21 bits per heavy atom. The van der Waals surface area contributed by atoms with Gasteiger partial charge in [0.1, 0.15) is 23.6 Å². The lowest BCUT2D eigenvalue weighted by Crippen LogP contribution is -2.45. The number of methoxy groups -OCH3 is 1. The number of fused-ring (bicyclic) bond motifs is 1. The van der Waals surface area contributed by atoms with Crippen molar-refractivity contribution < 1.29 is 14.6 Å². The molecule has 3 heterocycles. The second-order valence-corrected chi connectivity index (χ2v) is 10.2. The van der Waals surface area contributed by atoms with Gasteiger partial charge in [0, 0.05) is 11.5 Å². The van der Waals surface area contributed by atoms with Crippen LogP contribution in [0.2, 0.25) is 0 Å². The molecule has 0 spiro atoms. The number of hydrogen-bond acceptors (Lipinski definition) is 8. The number of aromatic nitrogens is 4. The standard InChI is InChI=1S/C28H31N7O3.ClH/c1-38-22-13-18(7-8-21(22)33-27(36)20-14-19(20)17-5-3-2-4-6-17)24-23-25(29)31-16-32-26(23)35(34-24)15-28(37)9-11-30-12-10-28;/h2-8,13,16,19-20,30,37H,9-12,14-15H2,1H3,(H,33,36)(H2,29,31,32);1H. The van der Waals surface area contributed by atoms with Crippen molar-refractivity contribution in [1.82, 2.24) is 25.1 Å². The summed E-state index contributed by atoms with van der Waals surface area (Å²) in [5, 5.41) is 22.9. The second kappa shape index (κ2) is 10.8. The maximum atomic E-state index is 13.0. The molecule has 5 N–H and O–H groups in total. The first-order chi connectivity index (χ1) is 18.5. The molecule has 2 unspecified atom stereocenters. The number of anilines is 2. The van der Waals surface area contributed by atoms with Crippen LogP contribution in [0.15, 0.2) is 54.9 Å². The highest BCUT2D eigenvalue weighted by atomic mass is 35.5. The van der Waals surface area contributed by atoms with Crippen molar-refractivity contribution in [2.24, 2.45) is 5.92 Å². The predicted molar refractivity (Wildman–Crippen MR) is 152 cm³/mol. The van der Waals surface area contributed by atoms with Gasteiger partial charge in [0.25, 0.3) is 0 Å². The Morgan fingerprint density at radius 3 is 2.72 bits per heavy atom. The third-order valence-corrected chi connectivity index (χ3v) is 7.62. The second-order valence-electron chi connectivity index (χ2n) is 10.2. The zero-order valence-electron chi connectivity index (χ0n) is 21.6. The van der Waals surface area contributed by atoms with Crippen LogP contribution in [-0.2, 0) is 11.3 Å². The number of carbonyl (C=O) groups excluding carboxylic acids is 1. The minimum Gasteiger partial charge on any atom is -0.495 e. The molecule has 1 saturated heterocycles. The zero-order chi connectivity index (χ0) is 26.3. The maximum absolute atomic E-state index is 13.0. The SMILES string of the molecule is COc1cc(-c2nn(CC3(O)CCNCC3)c3ncnc(N)c23)ccc1NC(=O)C1CC1c1ccccc1.Cl. The Morgan fingerprint density at radius 2 is 1.97 bits per heavy atom. The molecule has 2 aromatic carbocycles. The van der Waals surface area contributed by atoms with Crippen molar-refractivity contribution in [2.75, 3.05) is 31.2 Å². The Hall–Kier alpha value is -3.73. The van der Waals surface area contributed by atoms with E-state index in [4.69, 9.17) is 15.6 Å². The summed E-state index contributed by atoms with van der Waals surface area (Å²) >= 11 is 0. The Kier molecular flexibility index (Phi) is 7.44. The molecule has 2 aromatic heterocycles. The normalized spacial score (nSPS) is 19.7. The molecule has 10 nitrogen and oxygen atoms in total. The summed E-state index contributed by atoms with van der Waals surface area (Å²) in [7, 11) is 1.57. The number of piperidine rings is 1. The number of carbonyl (C=O) groups is 1. The number of rotatable bonds is 7. The van der Waals surface area contributed by atoms with Gasteiger partial charge in [-0.15, -0.1) is 12.4 Å². The molecule has 1 saturated carbocycles. The average Bonchev–Trinajstić information content (AvgIpc) is 3.66. The number of benzene rings is 2. The van der Waals surface area contributed by atoms with Crippen molar-refractivity contribution in [3.63, 3.8) is 0 Å². The number of nitrogens with two attached hydrogens (primary N) is 1. The van der Waals surface area contributed by atoms with Crippen molar-refractivity contribution >= 4 is 40.9 Å². The van der Waals surface area contributed by atoms with Crippen molar-refractivity contribution in [3.8, 4) is 17.0 Å². The molecule has 1 amide bonds. The van der Waals surface area contributed by atoms with Gasteiger partial charge in [0.15, 0.2) is 5.65 Å². The van der Waals surface area contributed by atoms with Crippen LogP contribution in [-0.4, -0.2) is 56.6 Å². The lowest BCUT2D eigenvalue weighted by atomic mass is 9.92. The zero-order valence-corrected chi connectivity index (χ0v) is 22.4. The van der Waals surface area contributed by atoms with Gasteiger partial charge in [0.05, 0.1) is 30.3 Å². The number of aliphatic hydroxyl groups is 1. The van der Waals surface area contributed by atoms with E-state index in [1.807, 2.05) is 36.4 Å². The van der Waals surface area contributed by atoms with E-state index < -0.39 is 5.60 Å². The van der Waals surface area contributed by atoms with Gasteiger partial charge in [-0.1, -0.05) is 36.4 Å². The summed E-state index contributed by atoms with van der Waals surface area (Å²) in [6.45, 7) is 1.80. The van der Waals surface area contributed by atoms with E-state index in [0.717, 1.165) is 25.1 Å². The average molecular weight is 550 g/mol. The quantitative estimate of drug-likeness (QED) is 0.275. The van der Waals surface area contributed by atoms with Crippen molar-refractivity contribution in [3.05, 3.63) is 60.4 Å². The number of nitrogen functional groups attached to an aromatic ring is 1. The molecule has 2 fully saturated rings. The highest BCUT2D eigenvalue weighted by Crippen LogP contribution is 2.48. The fourth-order valence-electron chi connectivity index (χ4n) is 5.39. The lowest BCUT2D eigenvalue weighted by molar-refractivity contribution is -0.117. The Bertz CT molecular complexity index is 1490. The molecule has 4 aromatic rings. The molecule has 0 bridgehead atoms. The summed E-state index contributed by atoms with van der Waals surface area (Å²) in [4.78, 5) is 21.6. The summed E-state index contributed by atoms with van der Waals surface area (Å²) in [5.41, 5.74) is 9.08. The Labute approximate surface area is 232 Å². The summed E-state index contributed by atoms with van der Waals surface area (Å²) < 4.78 is 7.36. The molecule has 1 aliphatic heterocycles. The fourth-order valence-corrected chi connectivity index (χ4v) is 5.39. The topological polar surface area (TPSA) is 140 Å². The third kappa shape index (κ3) is 5.27. The van der Waals surface area contributed by atoms with E-state index in [9.17, 15) is 9.90 Å². The van der Waals surface area contributed by atoms with Gasteiger partial charge in [-0.2, -0.15) is 5.10 Å². The van der Waals surface area contributed by atoms with Crippen molar-refractivity contribution in [1.29, 1.82) is 0 Å². The van der Waals surface area contributed by atoms with Crippen LogP contribution < -0.4 is 21.1 Å². The highest BCUT2D eigenvalue weighted by Gasteiger charge is 2.44. The first kappa shape index (κ1) is 26.9. The van der Waals surface area contributed by atoms with Crippen LogP contribution in [0, 0.1) is 5.92 Å². The number of nitrogens with zero attached hydrogens (tertiary/aromatic N) is 4. The van der Waals surface area contributed by atoms with E-state index in [0.29, 0.717) is 53.4 Å². The number of nitrogens with one attached hydrogen (secondary N) is 2. The van der Waals surface area contributed by atoms with Crippen LogP contribution in [0.3, 0.4) is 0 Å². The van der Waals surface area contributed by atoms with E-state index in [2.05, 4.69) is 32.7 Å². The van der Waals surface area contributed by atoms with Crippen LogP contribution in [0.25, 0.3) is 22.3 Å². The minimum absolute atomic E-state index is 0. The first-order valence-electron chi connectivity index (χ1n) is 12.9. The number of halogens is 1. The molecule has 2 aliphatic rings. The summed E-state index contributed by atoms with van der Waals surface area (Å²) in [5.74, 6) is 0.995.